The van der Waals surface area contributed by atoms with Crippen LogP contribution in [0.4, 0.5) is 0 Å². The van der Waals surface area contributed by atoms with E-state index in [0.29, 0.717) is 18.2 Å². The molecular formula is C21H24ClNO. The van der Waals surface area contributed by atoms with E-state index >= 15 is 0 Å². The van der Waals surface area contributed by atoms with Crippen LogP contribution in [0.25, 0.3) is 0 Å². The van der Waals surface area contributed by atoms with Gasteiger partial charge in [-0.15, -0.1) is 0 Å². The summed E-state index contributed by atoms with van der Waals surface area (Å²) >= 11 is 6.07. The summed E-state index contributed by atoms with van der Waals surface area (Å²) in [5, 5.41) is 0.767. The van der Waals surface area contributed by atoms with E-state index in [9.17, 15) is 0 Å². The lowest BCUT2D eigenvalue weighted by Crippen LogP contribution is -2.43. The van der Waals surface area contributed by atoms with Gasteiger partial charge in [0.2, 0.25) is 0 Å². The second kappa shape index (κ2) is 6.87. The van der Waals surface area contributed by atoms with Gasteiger partial charge in [-0.05, 0) is 56.0 Å². The lowest BCUT2D eigenvalue weighted by atomic mass is 9.97. The van der Waals surface area contributed by atoms with Crippen LogP contribution in [-0.4, -0.2) is 30.1 Å². The van der Waals surface area contributed by atoms with Crippen molar-refractivity contribution in [3.05, 3.63) is 70.7 Å². The molecule has 0 unspecified atom stereocenters. The number of rotatable bonds is 4. The Bertz CT molecular complexity index is 658. The molecule has 4 rings (SSSR count). The Labute approximate surface area is 149 Å². The summed E-state index contributed by atoms with van der Waals surface area (Å²) in [6, 6.07) is 20.0. The van der Waals surface area contributed by atoms with Crippen LogP contribution in [0.15, 0.2) is 54.6 Å². The highest BCUT2D eigenvalue weighted by Gasteiger charge is 2.39. The second-order valence-corrected chi connectivity index (χ2v) is 7.56. The minimum Gasteiger partial charge on any atom is -0.365 e. The summed E-state index contributed by atoms with van der Waals surface area (Å²) in [6.45, 7) is 0. The fourth-order valence-corrected chi connectivity index (χ4v) is 4.41. The van der Waals surface area contributed by atoms with Crippen molar-refractivity contribution in [1.82, 2.24) is 4.90 Å². The molecule has 126 valence electrons. The van der Waals surface area contributed by atoms with Crippen LogP contribution < -0.4 is 0 Å². The van der Waals surface area contributed by atoms with E-state index in [1.165, 1.54) is 24.0 Å². The third kappa shape index (κ3) is 3.23. The summed E-state index contributed by atoms with van der Waals surface area (Å²) in [5.74, 6) is 0. The molecule has 2 aromatic carbocycles. The number of hydrogen-bond donors (Lipinski definition) is 0. The summed E-state index contributed by atoms with van der Waals surface area (Å²) < 4.78 is 6.66. The van der Waals surface area contributed by atoms with E-state index in [-0.39, 0.29) is 6.10 Å². The van der Waals surface area contributed by atoms with Crippen molar-refractivity contribution in [2.45, 2.75) is 50.0 Å². The van der Waals surface area contributed by atoms with E-state index in [1.807, 2.05) is 12.1 Å². The summed E-state index contributed by atoms with van der Waals surface area (Å²) in [4.78, 5) is 2.56. The third-order valence-electron chi connectivity index (χ3n) is 5.66. The van der Waals surface area contributed by atoms with Crippen LogP contribution in [0.2, 0.25) is 5.02 Å². The zero-order valence-corrected chi connectivity index (χ0v) is 14.8. The van der Waals surface area contributed by atoms with Gasteiger partial charge in [-0.2, -0.15) is 0 Å². The predicted molar refractivity (Wildman–Crippen MR) is 98.4 cm³/mol. The Morgan fingerprint density at radius 2 is 1.50 bits per heavy atom. The van der Waals surface area contributed by atoms with Crippen LogP contribution >= 0.6 is 11.6 Å². The molecule has 0 aromatic heterocycles. The first-order valence-corrected chi connectivity index (χ1v) is 9.26. The largest absolute Gasteiger partial charge is 0.365 e. The zero-order chi connectivity index (χ0) is 16.5. The van der Waals surface area contributed by atoms with Crippen LogP contribution in [-0.2, 0) is 4.74 Å². The summed E-state index contributed by atoms with van der Waals surface area (Å²) in [6.07, 6.45) is 5.24. The van der Waals surface area contributed by atoms with Crippen molar-refractivity contribution in [2.75, 3.05) is 7.05 Å². The molecule has 2 fully saturated rings. The van der Waals surface area contributed by atoms with Crippen LogP contribution in [0, 0.1) is 0 Å². The summed E-state index contributed by atoms with van der Waals surface area (Å²) in [7, 11) is 2.27. The van der Waals surface area contributed by atoms with Crippen LogP contribution in [0.1, 0.15) is 42.9 Å². The van der Waals surface area contributed by atoms with Gasteiger partial charge in [0.25, 0.3) is 0 Å². The molecule has 2 aromatic rings. The number of hydrogen-bond acceptors (Lipinski definition) is 2. The van der Waals surface area contributed by atoms with Gasteiger partial charge in [0, 0.05) is 17.1 Å². The number of fused-ring (bicyclic) bond motifs is 2. The SMILES string of the molecule is CN1[C@H]2CC[C@H]1CC(O[C@H](c1ccccc1)c1ccc(Cl)cc1)C2. The molecule has 2 aliphatic rings. The Kier molecular flexibility index (Phi) is 4.62. The predicted octanol–water partition coefficient (Wildman–Crippen LogP) is 5.07. The van der Waals surface area contributed by atoms with Gasteiger partial charge >= 0.3 is 0 Å². The highest BCUT2D eigenvalue weighted by Crippen LogP contribution is 2.38. The average Bonchev–Trinajstić information content (AvgIpc) is 2.83. The van der Waals surface area contributed by atoms with Crippen molar-refractivity contribution in [2.24, 2.45) is 0 Å². The van der Waals surface area contributed by atoms with Gasteiger partial charge in [-0.1, -0.05) is 54.1 Å². The maximum Gasteiger partial charge on any atom is 0.108 e. The van der Waals surface area contributed by atoms with E-state index in [2.05, 4.69) is 54.4 Å². The molecule has 0 amide bonds. The molecule has 0 aliphatic carbocycles. The molecule has 0 saturated carbocycles. The van der Waals surface area contributed by atoms with Crippen LogP contribution in [0.3, 0.4) is 0 Å². The number of ether oxygens (including phenoxy) is 1. The zero-order valence-electron chi connectivity index (χ0n) is 14.1. The van der Waals surface area contributed by atoms with Gasteiger partial charge in [0.05, 0.1) is 6.10 Å². The first kappa shape index (κ1) is 16.1. The van der Waals surface area contributed by atoms with Crippen LogP contribution in [0.5, 0.6) is 0 Å². The van der Waals surface area contributed by atoms with Gasteiger partial charge in [-0.25, -0.2) is 0 Å². The van der Waals surface area contributed by atoms with E-state index in [0.717, 1.165) is 17.9 Å². The molecule has 2 nitrogen and oxygen atoms in total. The Morgan fingerprint density at radius 3 is 2.12 bits per heavy atom. The minimum absolute atomic E-state index is 0.0173. The molecule has 3 heteroatoms. The molecule has 2 aliphatic heterocycles. The van der Waals surface area contributed by atoms with Gasteiger partial charge < -0.3 is 9.64 Å². The third-order valence-corrected chi connectivity index (χ3v) is 5.91. The lowest BCUT2D eigenvalue weighted by molar-refractivity contribution is -0.0426. The Balaban J connectivity index is 1.58. The average molecular weight is 342 g/mol. The maximum atomic E-state index is 6.66. The van der Waals surface area contributed by atoms with Crippen molar-refractivity contribution in [3.63, 3.8) is 0 Å². The molecule has 2 bridgehead atoms. The quantitative estimate of drug-likeness (QED) is 0.769. The fourth-order valence-electron chi connectivity index (χ4n) is 4.28. The monoisotopic (exact) mass is 341 g/mol. The maximum absolute atomic E-state index is 6.66. The molecular weight excluding hydrogens is 318 g/mol. The van der Waals surface area contributed by atoms with Crippen molar-refractivity contribution in [1.29, 1.82) is 0 Å². The molecule has 24 heavy (non-hydrogen) atoms. The number of piperidine rings is 1. The molecule has 3 atom stereocenters. The molecule has 0 spiro atoms. The summed E-state index contributed by atoms with van der Waals surface area (Å²) in [5.41, 5.74) is 2.39. The first-order valence-electron chi connectivity index (χ1n) is 8.88. The molecule has 0 radical (unpaired) electrons. The van der Waals surface area contributed by atoms with Gasteiger partial charge in [0.1, 0.15) is 6.10 Å². The highest BCUT2D eigenvalue weighted by molar-refractivity contribution is 6.30. The smallest absolute Gasteiger partial charge is 0.108 e. The normalized spacial score (nSPS) is 28.0. The molecule has 2 heterocycles. The number of nitrogens with zero attached hydrogens (tertiary/aromatic N) is 1. The minimum atomic E-state index is -0.0173. The lowest BCUT2D eigenvalue weighted by Gasteiger charge is -2.38. The second-order valence-electron chi connectivity index (χ2n) is 7.12. The van der Waals surface area contributed by atoms with Crippen molar-refractivity contribution in [3.8, 4) is 0 Å². The number of halogens is 1. The van der Waals surface area contributed by atoms with Crippen molar-refractivity contribution < 1.29 is 4.74 Å². The van der Waals surface area contributed by atoms with E-state index in [4.69, 9.17) is 16.3 Å². The van der Waals surface area contributed by atoms with E-state index in [1.54, 1.807) is 0 Å². The first-order chi connectivity index (χ1) is 11.7. The van der Waals surface area contributed by atoms with E-state index < -0.39 is 0 Å². The standard InChI is InChI=1S/C21H24ClNO/c1-23-18-11-12-19(23)14-20(13-18)24-21(15-5-3-2-4-6-15)16-7-9-17(22)10-8-16/h2-10,18-21H,11-14H2,1H3/t18-,19-,21+/m0/s1. The number of benzene rings is 2. The Morgan fingerprint density at radius 1 is 0.917 bits per heavy atom. The molecule has 2 saturated heterocycles. The topological polar surface area (TPSA) is 12.5 Å². The fraction of sp³-hybridized carbons (Fsp3) is 0.429. The molecule has 0 N–H and O–H groups in total. The van der Waals surface area contributed by atoms with Gasteiger partial charge in [0.15, 0.2) is 0 Å². The van der Waals surface area contributed by atoms with Gasteiger partial charge in [-0.3, -0.25) is 0 Å². The van der Waals surface area contributed by atoms with Crippen molar-refractivity contribution >= 4 is 11.6 Å². The highest BCUT2D eigenvalue weighted by atomic mass is 35.5. The Hall–Kier alpha value is -1.35.